The van der Waals surface area contributed by atoms with Crippen molar-refractivity contribution in [1.82, 2.24) is 5.32 Å². The van der Waals surface area contributed by atoms with Gasteiger partial charge in [-0.2, -0.15) is 13.2 Å². The van der Waals surface area contributed by atoms with Crippen molar-refractivity contribution in [2.24, 2.45) is 0 Å². The lowest BCUT2D eigenvalue weighted by atomic mass is 10.1. The van der Waals surface area contributed by atoms with Crippen LogP contribution in [0.2, 0.25) is 0 Å². The topological polar surface area (TPSA) is 32.3 Å². The zero-order valence-corrected chi connectivity index (χ0v) is 10.8. The van der Waals surface area contributed by atoms with Gasteiger partial charge >= 0.3 is 12.2 Å². The highest BCUT2D eigenvalue weighted by molar-refractivity contribution is 9.10. The van der Waals surface area contributed by atoms with Crippen molar-refractivity contribution in [3.8, 4) is 0 Å². The van der Waals surface area contributed by atoms with Gasteiger partial charge in [0.2, 0.25) is 0 Å². The molecule has 1 fully saturated rings. The summed E-state index contributed by atoms with van der Waals surface area (Å²) in [7, 11) is 0. The van der Waals surface area contributed by atoms with Gasteiger partial charge in [0, 0.05) is 23.2 Å². The van der Waals surface area contributed by atoms with Crippen LogP contribution in [0, 0.1) is 0 Å². The number of rotatable bonds is 1. The fourth-order valence-electron chi connectivity index (χ4n) is 1.77. The van der Waals surface area contributed by atoms with Gasteiger partial charge in [-0.05, 0) is 24.6 Å². The summed E-state index contributed by atoms with van der Waals surface area (Å²) in [5, 5.41) is 2.60. The molecule has 1 aliphatic heterocycles. The van der Waals surface area contributed by atoms with E-state index in [-0.39, 0.29) is 11.7 Å². The number of hydrogen-bond acceptors (Lipinski definition) is 1. The second-order valence-electron chi connectivity index (χ2n) is 3.93. The van der Waals surface area contributed by atoms with Gasteiger partial charge in [0.25, 0.3) is 0 Å². The number of amides is 2. The van der Waals surface area contributed by atoms with Crippen molar-refractivity contribution in [3.05, 3.63) is 28.2 Å². The van der Waals surface area contributed by atoms with Crippen molar-refractivity contribution in [2.45, 2.75) is 12.6 Å². The third-order valence-corrected chi connectivity index (χ3v) is 3.06. The Hall–Kier alpha value is -1.24. The molecule has 18 heavy (non-hydrogen) atoms. The molecule has 0 spiro atoms. The van der Waals surface area contributed by atoms with Gasteiger partial charge in [-0.3, -0.25) is 4.90 Å². The minimum atomic E-state index is -4.43. The number of nitrogens with zero attached hydrogens (tertiary/aromatic N) is 1. The Morgan fingerprint density at radius 1 is 1.28 bits per heavy atom. The molecule has 0 aromatic heterocycles. The summed E-state index contributed by atoms with van der Waals surface area (Å²) >= 11 is 3.03. The summed E-state index contributed by atoms with van der Waals surface area (Å²) in [6.07, 6.45) is -3.72. The molecule has 1 aliphatic rings. The zero-order chi connectivity index (χ0) is 13.3. The van der Waals surface area contributed by atoms with E-state index in [2.05, 4.69) is 21.2 Å². The van der Waals surface area contributed by atoms with Gasteiger partial charge in [-0.1, -0.05) is 15.9 Å². The molecule has 1 saturated heterocycles. The number of urea groups is 1. The van der Waals surface area contributed by atoms with Crippen LogP contribution in [-0.4, -0.2) is 19.1 Å². The Kier molecular flexibility index (Phi) is 3.52. The summed E-state index contributed by atoms with van der Waals surface area (Å²) in [5.74, 6) is 0. The number of benzene rings is 1. The summed E-state index contributed by atoms with van der Waals surface area (Å²) in [5.41, 5.74) is -0.529. The number of nitrogens with one attached hydrogen (secondary N) is 1. The van der Waals surface area contributed by atoms with Crippen LogP contribution in [0.1, 0.15) is 12.0 Å². The van der Waals surface area contributed by atoms with Gasteiger partial charge in [0.05, 0.1) is 5.56 Å². The van der Waals surface area contributed by atoms with E-state index in [4.69, 9.17) is 0 Å². The fraction of sp³-hybridized carbons (Fsp3) is 0.364. The third-order valence-electron chi connectivity index (χ3n) is 2.60. The first-order chi connectivity index (χ1) is 8.38. The summed E-state index contributed by atoms with van der Waals surface area (Å²) in [4.78, 5) is 12.9. The molecule has 0 unspecified atom stereocenters. The van der Waals surface area contributed by atoms with E-state index in [0.717, 1.165) is 12.1 Å². The van der Waals surface area contributed by atoms with E-state index in [0.29, 0.717) is 24.0 Å². The number of anilines is 1. The molecule has 1 aromatic carbocycles. The van der Waals surface area contributed by atoms with E-state index in [1.807, 2.05) is 0 Å². The molecule has 3 nitrogen and oxygen atoms in total. The van der Waals surface area contributed by atoms with Crippen LogP contribution in [0.25, 0.3) is 0 Å². The van der Waals surface area contributed by atoms with Gasteiger partial charge < -0.3 is 5.32 Å². The van der Waals surface area contributed by atoms with E-state index in [1.165, 1.54) is 11.0 Å². The Bertz CT molecular complexity index is 476. The van der Waals surface area contributed by atoms with Crippen molar-refractivity contribution in [3.63, 3.8) is 0 Å². The smallest absolute Gasteiger partial charge is 0.338 e. The molecule has 7 heteroatoms. The molecule has 1 heterocycles. The van der Waals surface area contributed by atoms with Crippen LogP contribution < -0.4 is 10.2 Å². The second kappa shape index (κ2) is 4.79. The molecular formula is C11H10BrF3N2O. The Balaban J connectivity index is 2.38. The van der Waals surface area contributed by atoms with Crippen molar-refractivity contribution < 1.29 is 18.0 Å². The fourth-order valence-corrected chi connectivity index (χ4v) is 2.25. The summed E-state index contributed by atoms with van der Waals surface area (Å²) in [6, 6.07) is 3.11. The molecular weight excluding hydrogens is 313 g/mol. The van der Waals surface area contributed by atoms with E-state index < -0.39 is 11.7 Å². The summed E-state index contributed by atoms with van der Waals surface area (Å²) in [6.45, 7) is 0.967. The van der Waals surface area contributed by atoms with Gasteiger partial charge in [-0.15, -0.1) is 0 Å². The lowest BCUT2D eigenvalue weighted by Crippen LogP contribution is -2.46. The highest BCUT2D eigenvalue weighted by atomic mass is 79.9. The van der Waals surface area contributed by atoms with Crippen molar-refractivity contribution >= 4 is 27.6 Å². The molecule has 0 radical (unpaired) electrons. The number of hydrogen-bond donors (Lipinski definition) is 1. The lowest BCUT2D eigenvalue weighted by molar-refractivity contribution is -0.137. The zero-order valence-electron chi connectivity index (χ0n) is 9.22. The molecule has 1 N–H and O–H groups in total. The molecule has 0 bridgehead atoms. The monoisotopic (exact) mass is 322 g/mol. The standard InChI is InChI=1S/C11H10BrF3N2O/c12-8-4-7(11(13,14)15)5-9(6-8)17-3-1-2-16-10(17)18/h4-6H,1-3H2,(H,16,18). The number of carbonyl (C=O) groups is 1. The normalized spacial score (nSPS) is 16.7. The predicted molar refractivity (Wildman–Crippen MR) is 64.5 cm³/mol. The Morgan fingerprint density at radius 2 is 2.00 bits per heavy atom. The molecule has 98 valence electrons. The van der Waals surface area contributed by atoms with Crippen LogP contribution in [-0.2, 0) is 6.18 Å². The lowest BCUT2D eigenvalue weighted by Gasteiger charge is -2.28. The van der Waals surface area contributed by atoms with Gasteiger partial charge in [0.1, 0.15) is 0 Å². The maximum absolute atomic E-state index is 12.7. The van der Waals surface area contributed by atoms with Crippen LogP contribution in [0.3, 0.4) is 0 Å². The first-order valence-electron chi connectivity index (χ1n) is 5.31. The van der Waals surface area contributed by atoms with Crippen LogP contribution in [0.15, 0.2) is 22.7 Å². The Morgan fingerprint density at radius 3 is 2.61 bits per heavy atom. The minimum absolute atomic E-state index is 0.244. The first kappa shape index (κ1) is 13.2. The van der Waals surface area contributed by atoms with Crippen LogP contribution >= 0.6 is 15.9 Å². The van der Waals surface area contributed by atoms with Gasteiger partial charge in [-0.25, -0.2) is 4.79 Å². The highest BCUT2D eigenvalue weighted by Crippen LogP contribution is 2.34. The third kappa shape index (κ3) is 2.77. The maximum atomic E-state index is 12.7. The van der Waals surface area contributed by atoms with Crippen molar-refractivity contribution in [2.75, 3.05) is 18.0 Å². The maximum Gasteiger partial charge on any atom is 0.416 e. The predicted octanol–water partition coefficient (Wildman–Crippen LogP) is 3.39. The second-order valence-corrected chi connectivity index (χ2v) is 4.85. The largest absolute Gasteiger partial charge is 0.416 e. The highest BCUT2D eigenvalue weighted by Gasteiger charge is 2.32. The summed E-state index contributed by atoms with van der Waals surface area (Å²) < 4.78 is 38.3. The number of carbonyl (C=O) groups excluding carboxylic acids is 1. The van der Waals surface area contributed by atoms with Crippen LogP contribution in [0.5, 0.6) is 0 Å². The molecule has 0 aliphatic carbocycles. The molecule has 0 saturated carbocycles. The van der Waals surface area contributed by atoms with Crippen molar-refractivity contribution in [1.29, 1.82) is 0 Å². The number of alkyl halides is 3. The molecule has 2 rings (SSSR count). The van der Waals surface area contributed by atoms with E-state index in [9.17, 15) is 18.0 Å². The van der Waals surface area contributed by atoms with E-state index in [1.54, 1.807) is 0 Å². The van der Waals surface area contributed by atoms with Crippen LogP contribution in [0.4, 0.5) is 23.7 Å². The average Bonchev–Trinajstić information content (AvgIpc) is 2.27. The first-order valence-corrected chi connectivity index (χ1v) is 6.10. The number of halogens is 4. The van der Waals surface area contributed by atoms with E-state index >= 15 is 0 Å². The molecule has 1 aromatic rings. The molecule has 2 amide bonds. The Labute approximate surface area is 110 Å². The average molecular weight is 323 g/mol. The SMILES string of the molecule is O=C1NCCCN1c1cc(Br)cc(C(F)(F)F)c1. The quantitative estimate of drug-likeness (QED) is 0.844. The molecule has 0 atom stereocenters. The van der Waals surface area contributed by atoms with Gasteiger partial charge in [0.15, 0.2) is 0 Å². The minimum Gasteiger partial charge on any atom is -0.338 e.